The molecule has 1 aliphatic heterocycles. The Morgan fingerprint density at radius 1 is 1.25 bits per heavy atom. The standard InChI is InChI=1S/C7H11NO.C6H7N5.2C2H6/c1-2-7(9)8-5-3-4-6-8;1-3-4-5(7)8-2-9-6(4)11-10-3;2*1-2/h2H,1,3-6H2;2H,1H3,(H3,7,8,9,10,11);2*1-2H3. The van der Waals surface area contributed by atoms with Crippen LogP contribution in [0.5, 0.6) is 0 Å². The number of hydrogen-bond acceptors (Lipinski definition) is 5. The lowest BCUT2D eigenvalue weighted by Gasteiger charge is -2.10. The van der Waals surface area contributed by atoms with Crippen LogP contribution < -0.4 is 5.73 Å². The first-order valence-corrected chi connectivity index (χ1v) is 8.46. The van der Waals surface area contributed by atoms with Crippen LogP contribution in [-0.4, -0.2) is 44.1 Å². The van der Waals surface area contributed by atoms with Crippen LogP contribution >= 0.6 is 0 Å². The quantitative estimate of drug-likeness (QED) is 0.780. The summed E-state index contributed by atoms with van der Waals surface area (Å²) < 4.78 is 0. The summed E-state index contributed by atoms with van der Waals surface area (Å²) in [5.41, 5.74) is 7.11. The van der Waals surface area contributed by atoms with Crippen molar-refractivity contribution >= 4 is 22.8 Å². The van der Waals surface area contributed by atoms with Crippen LogP contribution in [0.15, 0.2) is 19.0 Å². The SMILES string of the molecule is C=CC(=O)N1CCCC1.CC.CC.Cc1[nH]nc2ncnc(N)c12. The number of rotatable bonds is 1. The van der Waals surface area contributed by atoms with Crippen LogP contribution in [-0.2, 0) is 4.79 Å². The van der Waals surface area contributed by atoms with E-state index in [1.165, 1.54) is 12.4 Å². The lowest BCUT2D eigenvalue weighted by Crippen LogP contribution is -2.25. The number of nitrogen functional groups attached to an aromatic ring is 1. The second kappa shape index (κ2) is 12.0. The highest BCUT2D eigenvalue weighted by atomic mass is 16.2. The number of nitrogens with two attached hydrogens (primary N) is 1. The largest absolute Gasteiger partial charge is 0.383 e. The number of nitrogens with one attached hydrogen (secondary N) is 1. The predicted molar refractivity (Wildman–Crippen MR) is 99.5 cm³/mol. The van der Waals surface area contributed by atoms with Gasteiger partial charge in [0.1, 0.15) is 12.1 Å². The normalized spacial score (nSPS) is 12.1. The fourth-order valence-corrected chi connectivity index (χ4v) is 2.09. The molecule has 0 saturated carbocycles. The first-order valence-electron chi connectivity index (χ1n) is 8.46. The third kappa shape index (κ3) is 5.98. The number of likely N-dealkylation sites (tertiary alicyclic amines) is 1. The van der Waals surface area contributed by atoms with Crippen LogP contribution in [0, 0.1) is 6.92 Å². The molecule has 1 amide bonds. The van der Waals surface area contributed by atoms with Gasteiger partial charge in [-0.05, 0) is 25.8 Å². The molecule has 0 bridgehead atoms. The first kappa shape index (κ1) is 21.6. The molecule has 0 unspecified atom stereocenters. The number of carbonyl (C=O) groups is 1. The van der Waals surface area contributed by atoms with Crippen LogP contribution in [0.2, 0.25) is 0 Å². The highest BCUT2D eigenvalue weighted by Gasteiger charge is 2.13. The van der Waals surface area contributed by atoms with Crippen molar-refractivity contribution in [2.24, 2.45) is 0 Å². The van der Waals surface area contributed by atoms with Crippen LogP contribution in [0.4, 0.5) is 5.82 Å². The third-order valence-corrected chi connectivity index (χ3v) is 3.15. The van der Waals surface area contributed by atoms with E-state index < -0.39 is 0 Å². The van der Waals surface area contributed by atoms with Crippen molar-refractivity contribution < 1.29 is 4.79 Å². The molecular formula is C17H30N6O. The Morgan fingerprint density at radius 3 is 2.33 bits per heavy atom. The van der Waals surface area contributed by atoms with Crippen molar-refractivity contribution in [2.75, 3.05) is 18.8 Å². The summed E-state index contributed by atoms with van der Waals surface area (Å²) in [4.78, 5) is 20.4. The molecule has 1 saturated heterocycles. The molecule has 2 aromatic heterocycles. The monoisotopic (exact) mass is 334 g/mol. The summed E-state index contributed by atoms with van der Waals surface area (Å²) >= 11 is 0. The van der Waals surface area contributed by atoms with Gasteiger partial charge in [0.15, 0.2) is 5.65 Å². The van der Waals surface area contributed by atoms with E-state index in [9.17, 15) is 4.79 Å². The number of aromatic amines is 1. The molecule has 0 atom stereocenters. The van der Waals surface area contributed by atoms with Gasteiger partial charge >= 0.3 is 0 Å². The molecule has 7 nitrogen and oxygen atoms in total. The maximum atomic E-state index is 10.8. The average Bonchev–Trinajstić information content (AvgIpc) is 3.29. The Kier molecular flexibility index (Phi) is 10.8. The number of H-pyrrole nitrogens is 1. The van der Waals surface area contributed by atoms with Gasteiger partial charge in [0.25, 0.3) is 0 Å². The van der Waals surface area contributed by atoms with E-state index in [1.807, 2.05) is 39.5 Å². The summed E-state index contributed by atoms with van der Waals surface area (Å²) in [6.07, 6.45) is 5.09. The molecule has 0 spiro atoms. The molecule has 0 aliphatic carbocycles. The van der Waals surface area contributed by atoms with Crippen molar-refractivity contribution in [2.45, 2.75) is 47.5 Å². The number of amides is 1. The Balaban J connectivity index is 0.000000371. The molecule has 3 N–H and O–H groups in total. The number of aromatic nitrogens is 4. The van der Waals surface area contributed by atoms with Crippen LogP contribution in [0.1, 0.15) is 46.2 Å². The lowest BCUT2D eigenvalue weighted by atomic mass is 10.3. The van der Waals surface area contributed by atoms with E-state index in [0.717, 1.165) is 37.0 Å². The third-order valence-electron chi connectivity index (χ3n) is 3.15. The number of nitrogens with zero attached hydrogens (tertiary/aromatic N) is 4. The fourth-order valence-electron chi connectivity index (χ4n) is 2.09. The van der Waals surface area contributed by atoms with Gasteiger partial charge in [-0.1, -0.05) is 34.3 Å². The summed E-state index contributed by atoms with van der Waals surface area (Å²) in [7, 11) is 0. The van der Waals surface area contributed by atoms with E-state index in [4.69, 9.17) is 5.73 Å². The zero-order valence-corrected chi connectivity index (χ0v) is 15.5. The average molecular weight is 334 g/mol. The Labute approximate surface area is 144 Å². The van der Waals surface area contributed by atoms with E-state index in [0.29, 0.717) is 11.5 Å². The zero-order valence-electron chi connectivity index (χ0n) is 15.5. The number of carbonyl (C=O) groups excluding carboxylic acids is 1. The molecule has 0 radical (unpaired) electrons. The maximum Gasteiger partial charge on any atom is 0.245 e. The molecule has 7 heteroatoms. The van der Waals surface area contributed by atoms with E-state index in [-0.39, 0.29) is 5.91 Å². The number of aryl methyl sites for hydroxylation is 1. The fraction of sp³-hybridized carbons (Fsp3) is 0.529. The minimum atomic E-state index is 0.0764. The highest BCUT2D eigenvalue weighted by Crippen LogP contribution is 2.16. The number of fused-ring (bicyclic) bond motifs is 1. The van der Waals surface area contributed by atoms with Gasteiger partial charge in [0, 0.05) is 18.8 Å². The van der Waals surface area contributed by atoms with Crippen molar-refractivity contribution in [3.63, 3.8) is 0 Å². The molecule has 3 heterocycles. The second-order valence-corrected chi connectivity index (χ2v) is 4.54. The molecule has 1 fully saturated rings. The van der Waals surface area contributed by atoms with E-state index in [2.05, 4.69) is 26.7 Å². The predicted octanol–water partition coefficient (Wildman–Crippen LogP) is 3.09. The molecular weight excluding hydrogens is 304 g/mol. The van der Waals surface area contributed by atoms with Crippen LogP contribution in [0.25, 0.3) is 11.0 Å². The maximum absolute atomic E-state index is 10.8. The Bertz CT molecular complexity index is 617. The van der Waals surface area contributed by atoms with Gasteiger partial charge in [-0.2, -0.15) is 5.10 Å². The number of anilines is 1. The first-order chi connectivity index (χ1) is 11.6. The highest BCUT2D eigenvalue weighted by molar-refractivity contribution is 5.87. The molecule has 24 heavy (non-hydrogen) atoms. The van der Waals surface area contributed by atoms with Gasteiger partial charge < -0.3 is 10.6 Å². The lowest BCUT2D eigenvalue weighted by molar-refractivity contribution is -0.124. The number of hydrogen-bond donors (Lipinski definition) is 2. The van der Waals surface area contributed by atoms with E-state index in [1.54, 1.807) is 0 Å². The van der Waals surface area contributed by atoms with E-state index >= 15 is 0 Å². The van der Waals surface area contributed by atoms with Crippen molar-refractivity contribution in [3.8, 4) is 0 Å². The van der Waals surface area contributed by atoms with Crippen molar-refractivity contribution in [1.29, 1.82) is 0 Å². The van der Waals surface area contributed by atoms with Gasteiger partial charge in [0.2, 0.25) is 5.91 Å². The Hall–Kier alpha value is -2.44. The topological polar surface area (TPSA) is 101 Å². The van der Waals surface area contributed by atoms with Crippen LogP contribution in [0.3, 0.4) is 0 Å². The summed E-state index contributed by atoms with van der Waals surface area (Å²) in [6.45, 7) is 15.1. The molecule has 1 aliphatic rings. The van der Waals surface area contributed by atoms with Gasteiger partial charge in [0.05, 0.1) is 5.39 Å². The van der Waals surface area contributed by atoms with Crippen molar-refractivity contribution in [1.82, 2.24) is 25.1 Å². The smallest absolute Gasteiger partial charge is 0.245 e. The van der Waals surface area contributed by atoms with Gasteiger partial charge in [-0.25, -0.2) is 9.97 Å². The van der Waals surface area contributed by atoms with Gasteiger partial charge in [-0.15, -0.1) is 0 Å². The molecule has 2 aromatic rings. The Morgan fingerprint density at radius 2 is 1.83 bits per heavy atom. The summed E-state index contributed by atoms with van der Waals surface area (Å²) in [6, 6.07) is 0. The zero-order chi connectivity index (χ0) is 18.5. The summed E-state index contributed by atoms with van der Waals surface area (Å²) in [5.74, 6) is 0.550. The summed E-state index contributed by atoms with van der Waals surface area (Å²) in [5, 5.41) is 7.52. The minimum Gasteiger partial charge on any atom is -0.383 e. The molecule has 0 aromatic carbocycles. The molecule has 134 valence electrons. The minimum absolute atomic E-state index is 0.0764. The van der Waals surface area contributed by atoms with Gasteiger partial charge in [-0.3, -0.25) is 9.89 Å². The van der Waals surface area contributed by atoms with Crippen molar-refractivity contribution in [3.05, 3.63) is 24.7 Å². The molecule has 3 rings (SSSR count). The second-order valence-electron chi connectivity index (χ2n) is 4.54.